The summed E-state index contributed by atoms with van der Waals surface area (Å²) in [5.41, 5.74) is 3.25. The first-order valence-corrected chi connectivity index (χ1v) is 9.55. The zero-order valence-electron chi connectivity index (χ0n) is 13.4. The topological polar surface area (TPSA) is 64.6 Å². The van der Waals surface area contributed by atoms with E-state index in [9.17, 15) is 8.42 Å². The van der Waals surface area contributed by atoms with Crippen LogP contribution in [0.1, 0.15) is 36.1 Å². The number of rotatable bonds is 4. The minimum absolute atomic E-state index is 0.202. The molecule has 1 atom stereocenters. The van der Waals surface area contributed by atoms with Crippen LogP contribution in [0.5, 0.6) is 11.5 Å². The van der Waals surface area contributed by atoms with Gasteiger partial charge in [-0.1, -0.05) is 12.1 Å². The van der Waals surface area contributed by atoms with Crippen LogP contribution in [0.25, 0.3) is 0 Å². The first-order chi connectivity index (χ1) is 11.5. The van der Waals surface area contributed by atoms with Gasteiger partial charge in [-0.05, 0) is 67.1 Å². The van der Waals surface area contributed by atoms with Gasteiger partial charge in [0.2, 0.25) is 16.8 Å². The van der Waals surface area contributed by atoms with Gasteiger partial charge in [-0.2, -0.15) is 0 Å². The minimum atomic E-state index is -3.57. The number of benzene rings is 2. The van der Waals surface area contributed by atoms with E-state index in [0.29, 0.717) is 16.4 Å². The highest BCUT2D eigenvalue weighted by molar-refractivity contribution is 7.89. The van der Waals surface area contributed by atoms with Gasteiger partial charge < -0.3 is 9.47 Å². The molecule has 0 saturated carbocycles. The molecule has 2 aliphatic rings. The van der Waals surface area contributed by atoms with E-state index >= 15 is 0 Å². The molecule has 2 aromatic carbocycles. The van der Waals surface area contributed by atoms with Crippen molar-refractivity contribution in [2.45, 2.75) is 37.1 Å². The van der Waals surface area contributed by atoms with E-state index in [-0.39, 0.29) is 12.8 Å². The van der Waals surface area contributed by atoms with Crippen LogP contribution in [-0.2, 0) is 22.9 Å². The number of ether oxygens (including phenoxy) is 2. The number of hydrogen-bond donors (Lipinski definition) is 1. The lowest BCUT2D eigenvalue weighted by molar-refractivity contribution is 0.174. The molecular weight excluding hydrogens is 326 g/mol. The van der Waals surface area contributed by atoms with Gasteiger partial charge in [-0.25, -0.2) is 13.1 Å². The summed E-state index contributed by atoms with van der Waals surface area (Å²) in [5, 5.41) is 0. The monoisotopic (exact) mass is 345 g/mol. The van der Waals surface area contributed by atoms with E-state index in [2.05, 4.69) is 4.72 Å². The van der Waals surface area contributed by atoms with Crippen molar-refractivity contribution in [2.24, 2.45) is 0 Å². The van der Waals surface area contributed by atoms with Crippen LogP contribution in [0, 0.1) is 0 Å². The summed E-state index contributed by atoms with van der Waals surface area (Å²) in [6.07, 6.45) is 3.09. The summed E-state index contributed by atoms with van der Waals surface area (Å²) in [5.74, 6) is 1.34. The highest BCUT2D eigenvalue weighted by atomic mass is 32.2. The summed E-state index contributed by atoms with van der Waals surface area (Å²) in [6.45, 7) is 2.02. The molecule has 2 aromatic rings. The van der Waals surface area contributed by atoms with Crippen molar-refractivity contribution < 1.29 is 17.9 Å². The highest BCUT2D eigenvalue weighted by Gasteiger charge is 2.22. The maximum Gasteiger partial charge on any atom is 0.241 e. The molecule has 0 radical (unpaired) electrons. The Labute approximate surface area is 141 Å². The average molecular weight is 345 g/mol. The molecule has 0 spiro atoms. The molecule has 0 bridgehead atoms. The molecule has 1 aliphatic carbocycles. The zero-order chi connectivity index (χ0) is 16.7. The summed E-state index contributed by atoms with van der Waals surface area (Å²) < 4.78 is 38.8. The molecule has 1 heterocycles. The second kappa shape index (κ2) is 5.79. The molecule has 0 aromatic heterocycles. The smallest absolute Gasteiger partial charge is 0.241 e. The second-order valence-electron chi connectivity index (χ2n) is 6.24. The fraction of sp³-hybridized carbons (Fsp3) is 0.333. The Morgan fingerprint density at radius 1 is 1.00 bits per heavy atom. The molecule has 1 unspecified atom stereocenters. The van der Waals surface area contributed by atoms with Crippen molar-refractivity contribution in [1.82, 2.24) is 4.72 Å². The molecule has 126 valence electrons. The third kappa shape index (κ3) is 2.76. The Hall–Kier alpha value is -2.05. The Morgan fingerprint density at radius 3 is 2.67 bits per heavy atom. The summed E-state index contributed by atoms with van der Waals surface area (Å²) in [7, 11) is -3.57. The van der Waals surface area contributed by atoms with Crippen LogP contribution in [0.2, 0.25) is 0 Å². The largest absolute Gasteiger partial charge is 0.454 e. The zero-order valence-corrected chi connectivity index (χ0v) is 14.2. The van der Waals surface area contributed by atoms with Crippen molar-refractivity contribution in [2.75, 3.05) is 6.79 Å². The SMILES string of the molecule is CC(NS(=O)(=O)c1ccc2c(c1)CCC2)c1ccc2c(c1)OCO2. The third-order valence-corrected chi connectivity index (χ3v) is 6.15. The van der Waals surface area contributed by atoms with E-state index in [0.717, 1.165) is 30.4 Å². The van der Waals surface area contributed by atoms with E-state index in [1.165, 1.54) is 5.56 Å². The van der Waals surface area contributed by atoms with E-state index in [1.54, 1.807) is 18.2 Å². The van der Waals surface area contributed by atoms with Crippen molar-refractivity contribution in [3.05, 3.63) is 53.1 Å². The molecule has 1 N–H and O–H groups in total. The second-order valence-corrected chi connectivity index (χ2v) is 7.95. The Morgan fingerprint density at radius 2 is 1.79 bits per heavy atom. The molecule has 0 amide bonds. The maximum absolute atomic E-state index is 12.7. The van der Waals surface area contributed by atoms with Gasteiger partial charge in [-0.3, -0.25) is 0 Å². The lowest BCUT2D eigenvalue weighted by Gasteiger charge is -2.15. The van der Waals surface area contributed by atoms with Gasteiger partial charge in [-0.15, -0.1) is 0 Å². The van der Waals surface area contributed by atoms with Gasteiger partial charge in [0, 0.05) is 6.04 Å². The molecule has 0 fully saturated rings. The van der Waals surface area contributed by atoms with Gasteiger partial charge in [0.1, 0.15) is 0 Å². The Balaban J connectivity index is 1.57. The maximum atomic E-state index is 12.7. The minimum Gasteiger partial charge on any atom is -0.454 e. The van der Waals surface area contributed by atoms with Crippen LogP contribution in [0.4, 0.5) is 0 Å². The van der Waals surface area contributed by atoms with Crippen molar-refractivity contribution in [3.8, 4) is 11.5 Å². The van der Waals surface area contributed by atoms with Gasteiger partial charge in [0.15, 0.2) is 11.5 Å². The molecule has 1 aliphatic heterocycles. The van der Waals surface area contributed by atoms with Gasteiger partial charge in [0.05, 0.1) is 4.90 Å². The molecule has 24 heavy (non-hydrogen) atoms. The predicted molar refractivity (Wildman–Crippen MR) is 89.8 cm³/mol. The van der Waals surface area contributed by atoms with Crippen molar-refractivity contribution in [3.63, 3.8) is 0 Å². The highest BCUT2D eigenvalue weighted by Crippen LogP contribution is 2.34. The summed E-state index contributed by atoms with van der Waals surface area (Å²) >= 11 is 0. The normalized spacial score (nSPS) is 16.9. The molecule has 4 rings (SSSR count). The average Bonchev–Trinajstić information content (AvgIpc) is 3.21. The molecule has 6 heteroatoms. The number of nitrogens with one attached hydrogen (secondary N) is 1. The van der Waals surface area contributed by atoms with Crippen LogP contribution in [0.3, 0.4) is 0 Å². The van der Waals surface area contributed by atoms with Crippen LogP contribution in [-0.4, -0.2) is 15.2 Å². The van der Waals surface area contributed by atoms with Crippen LogP contribution >= 0.6 is 0 Å². The van der Waals surface area contributed by atoms with Gasteiger partial charge >= 0.3 is 0 Å². The quantitative estimate of drug-likeness (QED) is 0.925. The first kappa shape index (κ1) is 15.5. The fourth-order valence-corrected chi connectivity index (χ4v) is 4.55. The molecule has 0 saturated heterocycles. The van der Waals surface area contributed by atoms with E-state index in [1.807, 2.05) is 25.1 Å². The van der Waals surface area contributed by atoms with Crippen LogP contribution in [0.15, 0.2) is 41.3 Å². The molecular formula is C18H19NO4S. The van der Waals surface area contributed by atoms with E-state index in [4.69, 9.17) is 9.47 Å². The van der Waals surface area contributed by atoms with Gasteiger partial charge in [0.25, 0.3) is 0 Å². The number of hydrogen-bond acceptors (Lipinski definition) is 4. The number of fused-ring (bicyclic) bond motifs is 2. The third-order valence-electron chi connectivity index (χ3n) is 4.61. The summed E-state index contributed by atoms with van der Waals surface area (Å²) in [6, 6.07) is 10.5. The Bertz CT molecular complexity index is 892. The van der Waals surface area contributed by atoms with E-state index < -0.39 is 10.0 Å². The fourth-order valence-electron chi connectivity index (χ4n) is 3.27. The lowest BCUT2D eigenvalue weighted by atomic mass is 10.1. The van der Waals surface area contributed by atoms with Crippen LogP contribution < -0.4 is 14.2 Å². The first-order valence-electron chi connectivity index (χ1n) is 8.07. The van der Waals surface area contributed by atoms with Crippen molar-refractivity contribution in [1.29, 1.82) is 0 Å². The summed E-state index contributed by atoms with van der Waals surface area (Å²) in [4.78, 5) is 0.329. The predicted octanol–water partition coefficient (Wildman–Crippen LogP) is 2.94. The van der Waals surface area contributed by atoms with Crippen molar-refractivity contribution >= 4 is 10.0 Å². The standard InChI is InChI=1S/C18H19NO4S/c1-12(14-6-8-17-18(10-14)23-11-22-17)19-24(20,21)16-7-5-13-3-2-4-15(13)9-16/h5-10,12,19H,2-4,11H2,1H3. The lowest BCUT2D eigenvalue weighted by Crippen LogP contribution is -2.27. The Kier molecular flexibility index (Phi) is 3.73. The number of aryl methyl sites for hydroxylation is 2. The molecule has 5 nitrogen and oxygen atoms in total. The number of sulfonamides is 1.